The molecule has 0 spiro atoms. The quantitative estimate of drug-likeness (QED) is 0.800. The first-order valence-electron chi connectivity index (χ1n) is 7.50. The molecular formula is C19H19NO2S. The molecule has 2 aromatic carbocycles. The highest BCUT2D eigenvalue weighted by Crippen LogP contribution is 2.32. The fourth-order valence-corrected chi connectivity index (χ4v) is 4.14. The van der Waals surface area contributed by atoms with Gasteiger partial charge in [0.1, 0.15) is 0 Å². The van der Waals surface area contributed by atoms with Crippen molar-refractivity contribution in [1.29, 1.82) is 0 Å². The monoisotopic (exact) mass is 325 g/mol. The number of rotatable bonds is 3. The van der Waals surface area contributed by atoms with Crippen molar-refractivity contribution in [3.05, 3.63) is 84.0 Å². The van der Waals surface area contributed by atoms with E-state index in [1.807, 2.05) is 55.5 Å². The third kappa shape index (κ3) is 3.08. The van der Waals surface area contributed by atoms with Gasteiger partial charge in [-0.3, -0.25) is 4.31 Å². The van der Waals surface area contributed by atoms with E-state index in [9.17, 15) is 8.42 Å². The molecule has 0 radical (unpaired) electrons. The van der Waals surface area contributed by atoms with Gasteiger partial charge < -0.3 is 0 Å². The molecule has 4 heteroatoms. The molecule has 1 aliphatic rings. The third-order valence-corrected chi connectivity index (χ3v) is 5.67. The van der Waals surface area contributed by atoms with Crippen LogP contribution in [0.5, 0.6) is 0 Å². The molecule has 0 aliphatic carbocycles. The van der Waals surface area contributed by atoms with Crippen LogP contribution >= 0.6 is 0 Å². The minimum absolute atomic E-state index is 0.305. The second kappa shape index (κ2) is 6.05. The van der Waals surface area contributed by atoms with Crippen LogP contribution in [0, 0.1) is 6.92 Å². The Kier molecular flexibility index (Phi) is 4.09. The van der Waals surface area contributed by atoms with Crippen LogP contribution in [0.2, 0.25) is 0 Å². The van der Waals surface area contributed by atoms with Gasteiger partial charge in [-0.05, 0) is 31.0 Å². The zero-order chi connectivity index (χ0) is 16.4. The molecule has 118 valence electrons. The molecule has 0 N–H and O–H groups in total. The van der Waals surface area contributed by atoms with Gasteiger partial charge in [0.15, 0.2) is 0 Å². The van der Waals surface area contributed by atoms with Crippen LogP contribution in [-0.2, 0) is 10.0 Å². The Bertz CT molecular complexity index is 850. The normalized spacial score (nSPS) is 15.4. The van der Waals surface area contributed by atoms with Gasteiger partial charge in [-0.2, -0.15) is 0 Å². The van der Waals surface area contributed by atoms with E-state index in [1.54, 1.807) is 12.1 Å². The second-order valence-electron chi connectivity index (χ2n) is 5.73. The molecule has 23 heavy (non-hydrogen) atoms. The maximum atomic E-state index is 13.1. The van der Waals surface area contributed by atoms with Crippen LogP contribution < -0.4 is 0 Å². The van der Waals surface area contributed by atoms with Gasteiger partial charge in [0.2, 0.25) is 0 Å². The summed E-state index contributed by atoms with van der Waals surface area (Å²) in [4.78, 5) is 0.305. The van der Waals surface area contributed by atoms with E-state index >= 15 is 0 Å². The summed E-state index contributed by atoms with van der Waals surface area (Å²) in [5, 5.41) is 0. The lowest BCUT2D eigenvalue weighted by atomic mass is 10.0. The van der Waals surface area contributed by atoms with Crippen molar-refractivity contribution in [3.8, 4) is 0 Å². The van der Waals surface area contributed by atoms with Crippen LogP contribution in [0.3, 0.4) is 0 Å². The molecule has 0 saturated heterocycles. The maximum absolute atomic E-state index is 13.1. The molecule has 1 heterocycles. The van der Waals surface area contributed by atoms with E-state index in [2.05, 4.69) is 6.58 Å². The molecule has 3 rings (SSSR count). The Morgan fingerprint density at radius 2 is 1.65 bits per heavy atom. The Hall–Kier alpha value is -2.33. The van der Waals surface area contributed by atoms with E-state index < -0.39 is 10.0 Å². The minimum atomic E-state index is -3.60. The van der Waals surface area contributed by atoms with Gasteiger partial charge in [0, 0.05) is 0 Å². The first-order chi connectivity index (χ1) is 11.0. The van der Waals surface area contributed by atoms with Gasteiger partial charge in [0.25, 0.3) is 10.0 Å². The highest BCUT2D eigenvalue weighted by atomic mass is 32.2. The van der Waals surface area contributed by atoms with Crippen molar-refractivity contribution >= 4 is 15.7 Å². The van der Waals surface area contributed by atoms with Crippen molar-refractivity contribution in [3.63, 3.8) is 0 Å². The molecule has 0 saturated carbocycles. The summed E-state index contributed by atoms with van der Waals surface area (Å²) in [6.07, 6.45) is 2.64. The lowest BCUT2D eigenvalue weighted by Crippen LogP contribution is -2.33. The molecule has 0 aromatic heterocycles. The first-order valence-corrected chi connectivity index (χ1v) is 8.94. The number of nitrogens with zero attached hydrogens (tertiary/aromatic N) is 1. The summed E-state index contributed by atoms with van der Waals surface area (Å²) < 4.78 is 27.6. The van der Waals surface area contributed by atoms with Crippen LogP contribution in [0.15, 0.2) is 77.7 Å². The Morgan fingerprint density at radius 1 is 1.00 bits per heavy atom. The molecule has 1 aliphatic heterocycles. The Labute approximate surface area is 137 Å². The second-order valence-corrected chi connectivity index (χ2v) is 7.60. The van der Waals surface area contributed by atoms with Gasteiger partial charge >= 0.3 is 0 Å². The molecule has 0 atom stereocenters. The third-order valence-electron chi connectivity index (χ3n) is 3.90. The molecule has 0 unspecified atom stereocenters. The topological polar surface area (TPSA) is 37.4 Å². The lowest BCUT2D eigenvalue weighted by Gasteiger charge is -2.31. The molecule has 0 fully saturated rings. The zero-order valence-electron chi connectivity index (χ0n) is 13.1. The summed E-state index contributed by atoms with van der Waals surface area (Å²) in [6.45, 7) is 6.22. The molecular weight excluding hydrogens is 306 g/mol. The van der Waals surface area contributed by atoms with Gasteiger partial charge in [-0.1, -0.05) is 66.3 Å². The van der Waals surface area contributed by atoms with Crippen molar-refractivity contribution in [1.82, 2.24) is 4.31 Å². The predicted molar refractivity (Wildman–Crippen MR) is 93.2 cm³/mol. The van der Waals surface area contributed by atoms with Crippen LogP contribution in [0.4, 0.5) is 0 Å². The maximum Gasteiger partial charge on any atom is 0.264 e. The smallest absolute Gasteiger partial charge is 0.262 e. The highest BCUT2D eigenvalue weighted by molar-refractivity contribution is 7.89. The zero-order valence-corrected chi connectivity index (χ0v) is 13.9. The Balaban J connectivity index is 2.07. The van der Waals surface area contributed by atoms with Crippen molar-refractivity contribution in [2.24, 2.45) is 0 Å². The minimum Gasteiger partial charge on any atom is -0.262 e. The number of allylic oxidation sites excluding steroid dienone is 1. The highest BCUT2D eigenvalue weighted by Gasteiger charge is 2.29. The standard InChI is InChI=1S/C19H19NO2S/c1-15-8-11-18(12-9-15)23(21,22)20-14-16(2)10-13-19(20)17-6-4-3-5-7-17/h3-9,11-13H,2,10,14H2,1H3. The largest absolute Gasteiger partial charge is 0.264 e. The van der Waals surface area contributed by atoms with Gasteiger partial charge in [-0.15, -0.1) is 0 Å². The van der Waals surface area contributed by atoms with Crippen LogP contribution in [0.25, 0.3) is 5.70 Å². The van der Waals surface area contributed by atoms with E-state index in [0.717, 1.165) is 22.4 Å². The van der Waals surface area contributed by atoms with Crippen molar-refractivity contribution in [2.45, 2.75) is 18.2 Å². The number of aryl methyl sites for hydroxylation is 1. The molecule has 2 aromatic rings. The molecule has 0 amide bonds. The summed E-state index contributed by atoms with van der Waals surface area (Å²) in [7, 11) is -3.60. The number of hydrogen-bond donors (Lipinski definition) is 0. The number of hydrogen-bond acceptors (Lipinski definition) is 2. The number of benzene rings is 2. The summed E-state index contributed by atoms with van der Waals surface area (Å²) in [5.41, 5.74) is 3.54. The molecule has 0 bridgehead atoms. The molecule has 3 nitrogen and oxygen atoms in total. The SMILES string of the molecule is C=C1CC=C(c2ccccc2)N(S(=O)(=O)c2ccc(C)cc2)C1. The number of sulfonamides is 1. The van der Waals surface area contributed by atoms with E-state index in [1.165, 1.54) is 4.31 Å². The average Bonchev–Trinajstić information content (AvgIpc) is 2.56. The van der Waals surface area contributed by atoms with Crippen LogP contribution in [-0.4, -0.2) is 19.3 Å². The predicted octanol–water partition coefficient (Wildman–Crippen LogP) is 3.99. The van der Waals surface area contributed by atoms with Crippen molar-refractivity contribution in [2.75, 3.05) is 6.54 Å². The summed E-state index contributed by atoms with van der Waals surface area (Å²) >= 11 is 0. The van der Waals surface area contributed by atoms with Crippen molar-refractivity contribution < 1.29 is 8.42 Å². The lowest BCUT2D eigenvalue weighted by molar-refractivity contribution is 0.520. The van der Waals surface area contributed by atoms with Gasteiger partial charge in [0.05, 0.1) is 17.1 Å². The van der Waals surface area contributed by atoms with E-state index in [-0.39, 0.29) is 0 Å². The van der Waals surface area contributed by atoms with E-state index in [0.29, 0.717) is 17.9 Å². The Morgan fingerprint density at radius 3 is 2.30 bits per heavy atom. The average molecular weight is 325 g/mol. The summed E-state index contributed by atoms with van der Waals surface area (Å²) in [5.74, 6) is 0. The van der Waals surface area contributed by atoms with Gasteiger partial charge in [-0.25, -0.2) is 8.42 Å². The van der Waals surface area contributed by atoms with Crippen LogP contribution in [0.1, 0.15) is 17.5 Å². The fraction of sp³-hybridized carbons (Fsp3) is 0.158. The van der Waals surface area contributed by atoms with E-state index in [4.69, 9.17) is 0 Å². The first kappa shape index (κ1) is 15.6. The summed E-state index contributed by atoms with van der Waals surface area (Å²) in [6, 6.07) is 16.6. The fourth-order valence-electron chi connectivity index (χ4n) is 2.62.